The van der Waals surface area contributed by atoms with Crippen LogP contribution >= 0.6 is 0 Å². The van der Waals surface area contributed by atoms with E-state index >= 15 is 0 Å². The third-order valence-electron chi connectivity index (χ3n) is 9.83. The molecule has 0 fully saturated rings. The van der Waals surface area contributed by atoms with Crippen molar-refractivity contribution in [3.63, 3.8) is 0 Å². The number of para-hydroxylation sites is 1. The molecule has 0 aliphatic heterocycles. The summed E-state index contributed by atoms with van der Waals surface area (Å²) in [5.41, 5.74) is 7.54. The van der Waals surface area contributed by atoms with Crippen LogP contribution in [0.3, 0.4) is 0 Å². The van der Waals surface area contributed by atoms with Crippen LogP contribution in [-0.4, -0.2) is 0 Å². The maximum Gasteiger partial charge on any atom is 0.135 e. The average Bonchev–Trinajstić information content (AvgIpc) is 3.53. The maximum absolute atomic E-state index is 6.24. The molecule has 2 heteroatoms. The van der Waals surface area contributed by atoms with Crippen LogP contribution in [0.4, 0.5) is 17.1 Å². The zero-order valence-electron chi connectivity index (χ0n) is 26.1. The van der Waals surface area contributed by atoms with Crippen LogP contribution in [-0.2, 0) is 0 Å². The molecular formula is C46H29NO. The first-order valence-electron chi connectivity index (χ1n) is 16.4. The summed E-state index contributed by atoms with van der Waals surface area (Å²) in [6, 6.07) is 63.4. The van der Waals surface area contributed by atoms with E-state index in [0.717, 1.165) is 39.0 Å². The molecule has 10 rings (SSSR count). The summed E-state index contributed by atoms with van der Waals surface area (Å²) in [5.74, 6) is 0. The van der Waals surface area contributed by atoms with Crippen molar-refractivity contribution < 1.29 is 4.42 Å². The highest BCUT2D eigenvalue weighted by Gasteiger charge is 2.19. The first-order chi connectivity index (χ1) is 23.8. The van der Waals surface area contributed by atoms with Crippen LogP contribution in [0, 0.1) is 0 Å². The second-order valence-electron chi connectivity index (χ2n) is 12.5. The minimum absolute atomic E-state index is 0.890. The highest BCUT2D eigenvalue weighted by atomic mass is 16.3. The van der Waals surface area contributed by atoms with Crippen LogP contribution < -0.4 is 4.90 Å². The van der Waals surface area contributed by atoms with Gasteiger partial charge in [-0.3, -0.25) is 0 Å². The summed E-state index contributed by atoms with van der Waals surface area (Å²) >= 11 is 0. The fourth-order valence-electron chi connectivity index (χ4n) is 7.59. The number of hydrogen-bond acceptors (Lipinski definition) is 2. The molecule has 0 atom stereocenters. The van der Waals surface area contributed by atoms with Gasteiger partial charge in [0.1, 0.15) is 11.2 Å². The summed E-state index contributed by atoms with van der Waals surface area (Å²) in [5, 5.41) is 12.2. The van der Waals surface area contributed by atoms with Gasteiger partial charge in [-0.15, -0.1) is 0 Å². The molecule has 9 aromatic carbocycles. The van der Waals surface area contributed by atoms with Gasteiger partial charge in [0.2, 0.25) is 0 Å². The van der Waals surface area contributed by atoms with Gasteiger partial charge < -0.3 is 9.32 Å². The number of hydrogen-bond donors (Lipinski definition) is 0. The number of rotatable bonds is 4. The Balaban J connectivity index is 1.23. The van der Waals surface area contributed by atoms with Gasteiger partial charge in [-0.1, -0.05) is 133 Å². The summed E-state index contributed by atoms with van der Waals surface area (Å²) in [6.07, 6.45) is 0. The molecule has 224 valence electrons. The predicted octanol–water partition coefficient (Wildman–Crippen LogP) is 13.3. The van der Waals surface area contributed by atoms with Gasteiger partial charge in [-0.2, -0.15) is 0 Å². The highest BCUT2D eigenvalue weighted by Crippen LogP contribution is 2.44. The van der Waals surface area contributed by atoms with Crippen molar-refractivity contribution in [3.05, 3.63) is 176 Å². The molecule has 48 heavy (non-hydrogen) atoms. The van der Waals surface area contributed by atoms with Crippen LogP contribution in [0.25, 0.3) is 76.2 Å². The lowest BCUT2D eigenvalue weighted by Crippen LogP contribution is -2.10. The number of anilines is 3. The van der Waals surface area contributed by atoms with Crippen molar-refractivity contribution >= 4 is 82.1 Å². The second kappa shape index (κ2) is 10.6. The number of nitrogens with zero attached hydrogens (tertiary/aromatic N) is 1. The van der Waals surface area contributed by atoms with E-state index in [-0.39, 0.29) is 0 Å². The summed E-state index contributed by atoms with van der Waals surface area (Å²) in [7, 11) is 0. The van der Waals surface area contributed by atoms with E-state index in [0.29, 0.717) is 0 Å². The highest BCUT2D eigenvalue weighted by molar-refractivity contribution is 6.18. The molecule has 0 bridgehead atoms. The SMILES string of the molecule is c1ccc(-c2cccc3c(N(c4ccc5c(ccc6c7ccccc7ccc56)c4)c4ccc5oc6ccccc6c5c4)cccc23)cc1. The first-order valence-corrected chi connectivity index (χ1v) is 16.4. The predicted molar refractivity (Wildman–Crippen MR) is 204 cm³/mol. The monoisotopic (exact) mass is 611 g/mol. The molecule has 0 aliphatic carbocycles. The molecule has 0 aliphatic rings. The fraction of sp³-hybridized carbons (Fsp3) is 0. The van der Waals surface area contributed by atoms with Crippen LogP contribution in [0.2, 0.25) is 0 Å². The Bertz CT molecular complexity index is 2850. The molecule has 0 spiro atoms. The van der Waals surface area contributed by atoms with Gasteiger partial charge in [0.15, 0.2) is 0 Å². The Labute approximate surface area is 277 Å². The van der Waals surface area contributed by atoms with E-state index in [1.165, 1.54) is 54.2 Å². The van der Waals surface area contributed by atoms with Crippen molar-refractivity contribution in [2.45, 2.75) is 0 Å². The topological polar surface area (TPSA) is 16.4 Å². The minimum Gasteiger partial charge on any atom is -0.456 e. The minimum atomic E-state index is 0.890. The second-order valence-corrected chi connectivity index (χ2v) is 12.5. The third kappa shape index (κ3) is 4.13. The number of furan rings is 1. The zero-order valence-corrected chi connectivity index (χ0v) is 26.1. The quantitative estimate of drug-likeness (QED) is 0.184. The Morgan fingerprint density at radius 3 is 1.85 bits per heavy atom. The summed E-state index contributed by atoms with van der Waals surface area (Å²) < 4.78 is 6.24. The molecule has 1 aromatic heterocycles. The van der Waals surface area contributed by atoms with E-state index in [9.17, 15) is 0 Å². The van der Waals surface area contributed by atoms with Crippen LogP contribution in [0.15, 0.2) is 180 Å². The zero-order chi connectivity index (χ0) is 31.6. The molecule has 0 N–H and O–H groups in total. The Kier molecular flexibility index (Phi) is 5.91. The van der Waals surface area contributed by atoms with Gasteiger partial charge in [0.25, 0.3) is 0 Å². The molecule has 1 heterocycles. The van der Waals surface area contributed by atoms with E-state index in [1.807, 2.05) is 12.1 Å². The Hall–Kier alpha value is -6.38. The third-order valence-corrected chi connectivity index (χ3v) is 9.83. The standard InChI is InChI=1S/C46H29NO/c1-2-10-30(11-3-1)36-15-8-17-41-38(36)16-9-18-44(41)47(34-23-27-46-43(29-34)42-14-6-7-19-45(42)48-46)33-22-26-37-32(28-33)21-25-39-35-13-5-4-12-31(35)20-24-40(37)39/h1-29H. The fourth-order valence-corrected chi connectivity index (χ4v) is 7.59. The van der Waals surface area contributed by atoms with Gasteiger partial charge >= 0.3 is 0 Å². The smallest absolute Gasteiger partial charge is 0.135 e. The molecule has 0 saturated heterocycles. The van der Waals surface area contributed by atoms with E-state index in [1.54, 1.807) is 0 Å². The van der Waals surface area contributed by atoms with Gasteiger partial charge in [-0.05, 0) is 91.3 Å². The number of benzene rings is 9. The average molecular weight is 612 g/mol. The summed E-state index contributed by atoms with van der Waals surface area (Å²) in [4.78, 5) is 2.41. The largest absolute Gasteiger partial charge is 0.456 e. The first kappa shape index (κ1) is 26.8. The molecule has 10 aromatic rings. The van der Waals surface area contributed by atoms with E-state index in [4.69, 9.17) is 4.42 Å². The molecule has 0 radical (unpaired) electrons. The van der Waals surface area contributed by atoms with E-state index in [2.05, 4.69) is 169 Å². The van der Waals surface area contributed by atoms with E-state index < -0.39 is 0 Å². The van der Waals surface area contributed by atoms with Crippen molar-refractivity contribution in [2.24, 2.45) is 0 Å². The van der Waals surface area contributed by atoms with Crippen molar-refractivity contribution in [1.82, 2.24) is 0 Å². The maximum atomic E-state index is 6.24. The lowest BCUT2D eigenvalue weighted by molar-refractivity contribution is 0.669. The molecule has 0 saturated carbocycles. The molecule has 0 unspecified atom stereocenters. The number of fused-ring (bicyclic) bond motifs is 9. The normalized spacial score (nSPS) is 11.8. The lowest BCUT2D eigenvalue weighted by Gasteiger charge is -2.28. The molecular weight excluding hydrogens is 583 g/mol. The van der Waals surface area contributed by atoms with Crippen molar-refractivity contribution in [3.8, 4) is 11.1 Å². The Morgan fingerprint density at radius 2 is 0.958 bits per heavy atom. The van der Waals surface area contributed by atoms with Gasteiger partial charge in [-0.25, -0.2) is 0 Å². The Morgan fingerprint density at radius 1 is 0.333 bits per heavy atom. The van der Waals surface area contributed by atoms with Gasteiger partial charge in [0, 0.05) is 27.5 Å². The molecule has 2 nitrogen and oxygen atoms in total. The van der Waals surface area contributed by atoms with Crippen molar-refractivity contribution in [2.75, 3.05) is 4.90 Å². The van der Waals surface area contributed by atoms with Gasteiger partial charge in [0.05, 0.1) is 5.69 Å². The summed E-state index contributed by atoms with van der Waals surface area (Å²) in [6.45, 7) is 0. The van der Waals surface area contributed by atoms with Crippen LogP contribution in [0.1, 0.15) is 0 Å². The van der Waals surface area contributed by atoms with Crippen molar-refractivity contribution in [1.29, 1.82) is 0 Å². The lowest BCUT2D eigenvalue weighted by atomic mass is 9.95. The molecule has 0 amide bonds. The van der Waals surface area contributed by atoms with Crippen LogP contribution in [0.5, 0.6) is 0 Å².